The molecule has 36 heavy (non-hydrogen) atoms. The molecule has 0 aromatic heterocycles. The number of benzene rings is 1. The summed E-state index contributed by atoms with van der Waals surface area (Å²) in [5, 5.41) is 5.53. The van der Waals surface area contributed by atoms with Crippen LogP contribution in [0.5, 0.6) is 0 Å². The summed E-state index contributed by atoms with van der Waals surface area (Å²) in [5.74, 6) is -1.36. The Balaban J connectivity index is 2.36. The van der Waals surface area contributed by atoms with Gasteiger partial charge in [0.2, 0.25) is 11.8 Å². The Kier molecular flexibility index (Phi) is 10.3. The van der Waals surface area contributed by atoms with E-state index in [2.05, 4.69) is 10.6 Å². The first-order chi connectivity index (χ1) is 16.9. The van der Waals surface area contributed by atoms with Crippen LogP contribution in [-0.2, 0) is 23.9 Å². The summed E-state index contributed by atoms with van der Waals surface area (Å²) in [7, 11) is 0. The molecule has 3 amide bonds. The number of carbonyl (C=O) groups is 4. The van der Waals surface area contributed by atoms with Crippen LogP contribution < -0.4 is 10.6 Å². The normalized spacial score (nSPS) is 15.0. The van der Waals surface area contributed by atoms with E-state index >= 15 is 0 Å². The summed E-state index contributed by atoms with van der Waals surface area (Å²) < 4.78 is 10.3. The highest BCUT2D eigenvalue weighted by Gasteiger charge is 2.45. The molecule has 0 saturated heterocycles. The van der Waals surface area contributed by atoms with Crippen LogP contribution in [0.2, 0.25) is 0 Å². The average molecular weight is 504 g/mol. The lowest BCUT2D eigenvalue weighted by Crippen LogP contribution is -2.55. The number of carbonyl (C=O) groups excluding carboxylic acids is 4. The van der Waals surface area contributed by atoms with Crippen molar-refractivity contribution in [2.45, 2.75) is 91.5 Å². The van der Waals surface area contributed by atoms with Crippen molar-refractivity contribution >= 4 is 23.9 Å². The maximum absolute atomic E-state index is 14.0. The van der Waals surface area contributed by atoms with E-state index in [0.29, 0.717) is 5.56 Å². The van der Waals surface area contributed by atoms with Crippen molar-refractivity contribution in [1.82, 2.24) is 15.5 Å². The number of esters is 1. The number of nitrogens with zero attached hydrogens (tertiary/aromatic N) is 1. The lowest BCUT2D eigenvalue weighted by molar-refractivity contribution is -0.145. The predicted molar refractivity (Wildman–Crippen MR) is 136 cm³/mol. The maximum Gasteiger partial charge on any atom is 0.408 e. The van der Waals surface area contributed by atoms with E-state index in [1.54, 1.807) is 32.6 Å². The van der Waals surface area contributed by atoms with Crippen molar-refractivity contribution in [3.63, 3.8) is 0 Å². The summed E-state index contributed by atoms with van der Waals surface area (Å²) in [6.45, 7) is 12.9. The molecule has 1 aliphatic carbocycles. The van der Waals surface area contributed by atoms with E-state index < -0.39 is 29.7 Å². The maximum atomic E-state index is 14.0. The second-order valence-electron chi connectivity index (χ2n) is 10.4. The molecule has 0 radical (unpaired) electrons. The van der Waals surface area contributed by atoms with Crippen LogP contribution in [0.15, 0.2) is 24.3 Å². The Morgan fingerprint density at radius 3 is 2.28 bits per heavy atom. The van der Waals surface area contributed by atoms with E-state index in [1.165, 1.54) is 0 Å². The summed E-state index contributed by atoms with van der Waals surface area (Å²) in [6, 6.07) is 5.52. The molecule has 0 spiro atoms. The van der Waals surface area contributed by atoms with Crippen molar-refractivity contribution in [2.75, 3.05) is 13.2 Å². The van der Waals surface area contributed by atoms with Gasteiger partial charge in [-0.05, 0) is 64.5 Å². The highest BCUT2D eigenvalue weighted by atomic mass is 16.6. The molecule has 1 aliphatic rings. The molecule has 1 fully saturated rings. The van der Waals surface area contributed by atoms with Crippen LogP contribution in [0.4, 0.5) is 4.79 Å². The van der Waals surface area contributed by atoms with Crippen LogP contribution in [0, 0.1) is 12.8 Å². The monoisotopic (exact) mass is 503 g/mol. The number of hydrogen-bond donors (Lipinski definition) is 2. The van der Waals surface area contributed by atoms with Crippen molar-refractivity contribution in [3.05, 3.63) is 35.4 Å². The van der Waals surface area contributed by atoms with Crippen molar-refractivity contribution in [2.24, 2.45) is 5.92 Å². The van der Waals surface area contributed by atoms with Gasteiger partial charge in [-0.25, -0.2) is 4.79 Å². The first kappa shape index (κ1) is 29.1. The van der Waals surface area contributed by atoms with Gasteiger partial charge in [0.15, 0.2) is 0 Å². The molecule has 1 aromatic carbocycles. The first-order valence-electron chi connectivity index (χ1n) is 12.7. The minimum atomic E-state index is -0.907. The molecule has 2 atom stereocenters. The van der Waals surface area contributed by atoms with Crippen LogP contribution in [0.3, 0.4) is 0 Å². The van der Waals surface area contributed by atoms with Gasteiger partial charge >= 0.3 is 12.1 Å². The van der Waals surface area contributed by atoms with E-state index in [1.807, 2.05) is 45.0 Å². The van der Waals surface area contributed by atoms with Gasteiger partial charge in [0, 0.05) is 12.6 Å². The molecule has 9 heteroatoms. The second-order valence-corrected chi connectivity index (χ2v) is 10.4. The van der Waals surface area contributed by atoms with Gasteiger partial charge < -0.3 is 25.0 Å². The van der Waals surface area contributed by atoms with E-state index in [-0.39, 0.29) is 43.3 Å². The summed E-state index contributed by atoms with van der Waals surface area (Å²) in [4.78, 5) is 53.4. The van der Waals surface area contributed by atoms with E-state index in [9.17, 15) is 19.2 Å². The standard InChI is InChI=1S/C27H41N3O6/c1-8-35-21(31)15-16-28-24(32)23(20-12-10-9-11-18(20)4)30(19-13-14-19)25(33)22(17(2)3)29-26(34)36-27(5,6)7/h9-12,17,19,22-23H,8,13-16H2,1-7H3,(H,28,32)(H,29,34). The third-order valence-electron chi connectivity index (χ3n) is 5.74. The van der Waals surface area contributed by atoms with Gasteiger partial charge in [-0.2, -0.15) is 0 Å². The second kappa shape index (κ2) is 12.7. The Morgan fingerprint density at radius 1 is 1.11 bits per heavy atom. The fourth-order valence-electron chi connectivity index (χ4n) is 3.91. The van der Waals surface area contributed by atoms with Gasteiger partial charge in [0.05, 0.1) is 13.0 Å². The number of amides is 3. The molecule has 2 rings (SSSR count). The zero-order chi connectivity index (χ0) is 27.0. The molecule has 1 saturated carbocycles. The Hall–Kier alpha value is -3.10. The minimum absolute atomic E-state index is 0.0340. The summed E-state index contributed by atoms with van der Waals surface area (Å²) in [5.41, 5.74) is 0.849. The zero-order valence-corrected chi connectivity index (χ0v) is 22.6. The number of alkyl carbamates (subject to hydrolysis) is 1. The Bertz CT molecular complexity index is 936. The molecule has 0 aliphatic heterocycles. The number of nitrogens with one attached hydrogen (secondary N) is 2. The molecule has 0 heterocycles. The number of hydrogen-bond acceptors (Lipinski definition) is 6. The van der Waals surface area contributed by atoms with Crippen LogP contribution in [0.1, 0.15) is 78.0 Å². The lowest BCUT2D eigenvalue weighted by Gasteiger charge is -2.36. The predicted octanol–water partition coefficient (Wildman–Crippen LogP) is 3.65. The van der Waals surface area contributed by atoms with Crippen molar-refractivity contribution < 1.29 is 28.7 Å². The zero-order valence-electron chi connectivity index (χ0n) is 22.6. The molecule has 0 bridgehead atoms. The fraction of sp³-hybridized carbons (Fsp3) is 0.630. The fourth-order valence-corrected chi connectivity index (χ4v) is 3.91. The van der Waals surface area contributed by atoms with Crippen molar-refractivity contribution in [3.8, 4) is 0 Å². The molecule has 2 N–H and O–H groups in total. The first-order valence-corrected chi connectivity index (χ1v) is 12.7. The quantitative estimate of drug-likeness (QED) is 0.446. The third kappa shape index (κ3) is 8.53. The van der Waals surface area contributed by atoms with Gasteiger partial charge in [-0.1, -0.05) is 38.1 Å². The van der Waals surface area contributed by atoms with Gasteiger partial charge in [-0.15, -0.1) is 0 Å². The van der Waals surface area contributed by atoms with E-state index in [4.69, 9.17) is 9.47 Å². The molecule has 9 nitrogen and oxygen atoms in total. The van der Waals surface area contributed by atoms with Crippen LogP contribution >= 0.6 is 0 Å². The smallest absolute Gasteiger partial charge is 0.408 e. The number of ether oxygens (including phenoxy) is 2. The molecule has 1 aromatic rings. The Labute approximate surface area is 214 Å². The number of rotatable bonds is 11. The largest absolute Gasteiger partial charge is 0.466 e. The Morgan fingerprint density at radius 2 is 1.75 bits per heavy atom. The van der Waals surface area contributed by atoms with Gasteiger partial charge in [0.1, 0.15) is 17.7 Å². The molecule has 2 unspecified atom stereocenters. The lowest BCUT2D eigenvalue weighted by atomic mass is 9.96. The van der Waals surface area contributed by atoms with Gasteiger partial charge in [-0.3, -0.25) is 14.4 Å². The highest BCUT2D eigenvalue weighted by Crippen LogP contribution is 2.37. The van der Waals surface area contributed by atoms with E-state index in [0.717, 1.165) is 18.4 Å². The topological polar surface area (TPSA) is 114 Å². The molecular weight excluding hydrogens is 462 g/mol. The van der Waals surface area contributed by atoms with Gasteiger partial charge in [0.25, 0.3) is 0 Å². The van der Waals surface area contributed by atoms with Crippen LogP contribution in [-0.4, -0.2) is 59.6 Å². The summed E-state index contributed by atoms with van der Waals surface area (Å²) in [6.07, 6.45) is 0.881. The number of aryl methyl sites for hydroxylation is 1. The molecular formula is C27H41N3O6. The average Bonchev–Trinajstić information content (AvgIpc) is 3.60. The SMILES string of the molecule is CCOC(=O)CCNC(=O)C(c1ccccc1C)N(C(=O)C(NC(=O)OC(C)(C)C)C(C)C)C1CC1. The third-order valence-corrected chi connectivity index (χ3v) is 5.74. The molecule has 200 valence electrons. The van der Waals surface area contributed by atoms with Crippen LogP contribution in [0.25, 0.3) is 0 Å². The minimum Gasteiger partial charge on any atom is -0.466 e. The highest BCUT2D eigenvalue weighted by molar-refractivity contribution is 5.93. The summed E-state index contributed by atoms with van der Waals surface area (Å²) >= 11 is 0. The van der Waals surface area contributed by atoms with Crippen molar-refractivity contribution in [1.29, 1.82) is 0 Å².